The van der Waals surface area contributed by atoms with Gasteiger partial charge in [-0.05, 0) is 55.0 Å². The predicted molar refractivity (Wildman–Crippen MR) is 128 cm³/mol. The van der Waals surface area contributed by atoms with Gasteiger partial charge < -0.3 is 4.74 Å². The summed E-state index contributed by atoms with van der Waals surface area (Å²) in [7, 11) is 0. The number of amides is 1. The number of rotatable bonds is 5. The fraction of sp³-hybridized carbons (Fsp3) is 0.0833. The van der Waals surface area contributed by atoms with Gasteiger partial charge in [-0.2, -0.15) is 0 Å². The van der Waals surface area contributed by atoms with Gasteiger partial charge in [-0.15, -0.1) is 0 Å². The molecule has 0 spiro atoms. The number of halogens is 2. The molecule has 1 amide bonds. The number of carbonyl (C=O) groups is 1. The minimum atomic E-state index is -0.173. The van der Waals surface area contributed by atoms with E-state index in [1.165, 1.54) is 0 Å². The molecule has 0 N–H and O–H groups in total. The summed E-state index contributed by atoms with van der Waals surface area (Å²) in [5, 5.41) is 0. The summed E-state index contributed by atoms with van der Waals surface area (Å²) in [5.41, 5.74) is 2.86. The molecule has 3 aromatic carbocycles. The van der Waals surface area contributed by atoms with Gasteiger partial charge in [0.15, 0.2) is 0 Å². The quantitative estimate of drug-likeness (QED) is 0.359. The molecule has 1 heterocycles. The normalized spacial score (nSPS) is 14.9. The molecular weight excluding hydrogens is 508 g/mol. The molecular formula is C24H18Br2N2O2. The van der Waals surface area contributed by atoms with Gasteiger partial charge in [-0.25, -0.2) is 4.99 Å². The van der Waals surface area contributed by atoms with Gasteiger partial charge in [0.1, 0.15) is 17.3 Å². The summed E-state index contributed by atoms with van der Waals surface area (Å²) < 4.78 is 7.26. The van der Waals surface area contributed by atoms with Crippen molar-refractivity contribution in [3.05, 3.63) is 98.6 Å². The molecule has 0 saturated heterocycles. The van der Waals surface area contributed by atoms with Gasteiger partial charge in [-0.1, -0.05) is 68.3 Å². The molecule has 3 aromatic rings. The number of ether oxygens (including phenoxy) is 1. The Hall–Kier alpha value is -2.70. The molecule has 0 saturated carbocycles. The van der Waals surface area contributed by atoms with Crippen LogP contribution in [0.25, 0.3) is 6.08 Å². The first kappa shape index (κ1) is 20.6. The highest BCUT2D eigenvalue weighted by molar-refractivity contribution is 9.10. The number of benzene rings is 3. The summed E-state index contributed by atoms with van der Waals surface area (Å²) in [6, 6.07) is 23.0. The van der Waals surface area contributed by atoms with Gasteiger partial charge in [0.25, 0.3) is 5.91 Å². The van der Waals surface area contributed by atoms with E-state index in [9.17, 15) is 4.79 Å². The molecule has 0 atom stereocenters. The number of nitrogens with zero attached hydrogens (tertiary/aromatic N) is 2. The van der Waals surface area contributed by atoms with E-state index in [0.29, 0.717) is 18.1 Å². The van der Waals surface area contributed by atoms with Crippen LogP contribution in [-0.4, -0.2) is 18.3 Å². The summed E-state index contributed by atoms with van der Waals surface area (Å²) >= 11 is 7.08. The Balaban J connectivity index is 1.79. The van der Waals surface area contributed by atoms with Gasteiger partial charge in [0.05, 0.1) is 12.3 Å². The second kappa shape index (κ2) is 8.98. The third kappa shape index (κ3) is 4.25. The number of anilines is 1. The molecule has 0 radical (unpaired) electrons. The number of hydrogen-bond donors (Lipinski definition) is 0. The second-order valence-electron chi connectivity index (χ2n) is 6.57. The largest absolute Gasteiger partial charge is 0.494 e. The zero-order valence-corrected chi connectivity index (χ0v) is 19.4. The van der Waals surface area contributed by atoms with Crippen molar-refractivity contribution in [2.24, 2.45) is 4.99 Å². The third-order valence-electron chi connectivity index (χ3n) is 4.54. The summed E-state index contributed by atoms with van der Waals surface area (Å²) in [4.78, 5) is 19.7. The van der Waals surface area contributed by atoms with E-state index in [0.717, 1.165) is 31.5 Å². The molecule has 0 fully saturated rings. The fourth-order valence-corrected chi connectivity index (χ4v) is 4.03. The standard InChI is InChI=1S/C24H18Br2N2O2/c1-2-30-19-12-10-16(11-13-19)14-22-24(29)28(18-7-5-6-17(25)15-18)23(27-22)20-8-3-4-9-21(20)26/h3-15H,2H2,1H3/b22-14+. The lowest BCUT2D eigenvalue weighted by Crippen LogP contribution is -2.32. The van der Waals surface area contributed by atoms with Crippen molar-refractivity contribution in [3.63, 3.8) is 0 Å². The van der Waals surface area contributed by atoms with Crippen LogP contribution in [0.1, 0.15) is 18.1 Å². The first-order valence-corrected chi connectivity index (χ1v) is 11.0. The van der Waals surface area contributed by atoms with Crippen molar-refractivity contribution in [1.29, 1.82) is 0 Å². The van der Waals surface area contributed by atoms with Crippen LogP contribution in [0.4, 0.5) is 5.69 Å². The maximum absolute atomic E-state index is 13.4. The van der Waals surface area contributed by atoms with Crippen molar-refractivity contribution in [2.75, 3.05) is 11.5 Å². The Bertz CT molecular complexity index is 1150. The van der Waals surface area contributed by atoms with Gasteiger partial charge >= 0.3 is 0 Å². The van der Waals surface area contributed by atoms with Gasteiger partial charge in [0.2, 0.25) is 0 Å². The minimum absolute atomic E-state index is 0.173. The molecule has 4 rings (SSSR count). The number of aliphatic imine (C=N–C) groups is 1. The van der Waals surface area contributed by atoms with Crippen LogP contribution in [-0.2, 0) is 4.79 Å². The fourth-order valence-electron chi connectivity index (χ4n) is 3.18. The highest BCUT2D eigenvalue weighted by Crippen LogP contribution is 2.31. The lowest BCUT2D eigenvalue weighted by atomic mass is 10.1. The zero-order chi connectivity index (χ0) is 21.1. The highest BCUT2D eigenvalue weighted by atomic mass is 79.9. The second-order valence-corrected chi connectivity index (χ2v) is 8.34. The van der Waals surface area contributed by atoms with Crippen molar-refractivity contribution in [2.45, 2.75) is 6.92 Å². The number of carbonyl (C=O) groups excluding carboxylic acids is 1. The Morgan fingerprint density at radius 2 is 1.77 bits per heavy atom. The average molecular weight is 526 g/mol. The molecule has 150 valence electrons. The Morgan fingerprint density at radius 1 is 1.00 bits per heavy atom. The predicted octanol–water partition coefficient (Wildman–Crippen LogP) is 6.44. The highest BCUT2D eigenvalue weighted by Gasteiger charge is 2.33. The summed E-state index contributed by atoms with van der Waals surface area (Å²) in [6.45, 7) is 2.56. The number of amidine groups is 1. The van der Waals surface area contributed by atoms with E-state index < -0.39 is 0 Å². The minimum Gasteiger partial charge on any atom is -0.494 e. The Labute approximate surface area is 192 Å². The van der Waals surface area contributed by atoms with Crippen LogP contribution in [0, 0.1) is 0 Å². The van der Waals surface area contributed by atoms with Crippen molar-refractivity contribution < 1.29 is 9.53 Å². The smallest absolute Gasteiger partial charge is 0.282 e. The zero-order valence-electron chi connectivity index (χ0n) is 16.2. The van der Waals surface area contributed by atoms with E-state index in [2.05, 4.69) is 31.9 Å². The Morgan fingerprint density at radius 3 is 2.47 bits per heavy atom. The van der Waals surface area contributed by atoms with E-state index in [-0.39, 0.29) is 5.91 Å². The van der Waals surface area contributed by atoms with Crippen LogP contribution in [0.2, 0.25) is 0 Å². The molecule has 0 unspecified atom stereocenters. The summed E-state index contributed by atoms with van der Waals surface area (Å²) in [5.74, 6) is 1.21. The van der Waals surface area contributed by atoms with Crippen molar-refractivity contribution in [1.82, 2.24) is 0 Å². The van der Waals surface area contributed by atoms with Gasteiger partial charge in [-0.3, -0.25) is 9.69 Å². The molecule has 30 heavy (non-hydrogen) atoms. The molecule has 0 aliphatic carbocycles. The topological polar surface area (TPSA) is 41.9 Å². The number of hydrogen-bond acceptors (Lipinski definition) is 3. The molecule has 1 aliphatic rings. The molecule has 0 bridgehead atoms. The SMILES string of the molecule is CCOc1ccc(/C=C2/N=C(c3ccccc3Br)N(c3cccc(Br)c3)C2=O)cc1. The van der Waals surface area contributed by atoms with Crippen LogP contribution in [0.15, 0.2) is 92.4 Å². The molecule has 6 heteroatoms. The van der Waals surface area contributed by atoms with E-state index in [1.807, 2.05) is 79.7 Å². The third-order valence-corrected chi connectivity index (χ3v) is 5.72. The first-order valence-electron chi connectivity index (χ1n) is 9.45. The lowest BCUT2D eigenvalue weighted by molar-refractivity contribution is -0.113. The average Bonchev–Trinajstić information content (AvgIpc) is 3.06. The Kier molecular flexibility index (Phi) is 6.16. The van der Waals surface area contributed by atoms with Crippen LogP contribution < -0.4 is 9.64 Å². The van der Waals surface area contributed by atoms with E-state index >= 15 is 0 Å². The molecule has 0 aromatic heterocycles. The maximum Gasteiger partial charge on any atom is 0.282 e. The monoisotopic (exact) mass is 524 g/mol. The lowest BCUT2D eigenvalue weighted by Gasteiger charge is -2.19. The van der Waals surface area contributed by atoms with E-state index in [4.69, 9.17) is 9.73 Å². The molecule has 1 aliphatic heterocycles. The summed E-state index contributed by atoms with van der Waals surface area (Å²) in [6.07, 6.45) is 1.80. The first-order chi connectivity index (χ1) is 14.6. The van der Waals surface area contributed by atoms with Crippen LogP contribution in [0.5, 0.6) is 5.75 Å². The maximum atomic E-state index is 13.4. The van der Waals surface area contributed by atoms with Crippen LogP contribution >= 0.6 is 31.9 Å². The van der Waals surface area contributed by atoms with E-state index in [1.54, 1.807) is 11.0 Å². The van der Waals surface area contributed by atoms with Crippen molar-refractivity contribution in [3.8, 4) is 5.75 Å². The van der Waals surface area contributed by atoms with Crippen LogP contribution in [0.3, 0.4) is 0 Å². The molecule has 4 nitrogen and oxygen atoms in total. The van der Waals surface area contributed by atoms with Crippen molar-refractivity contribution >= 4 is 55.4 Å². The van der Waals surface area contributed by atoms with Gasteiger partial charge in [0, 0.05) is 14.5 Å².